The first-order valence-corrected chi connectivity index (χ1v) is 6.29. The Bertz CT molecular complexity index is 565. The lowest BCUT2D eigenvalue weighted by atomic mass is 10.2. The number of nitrogens with two attached hydrogens (primary N) is 1. The molecular formula is C15H18N4. The number of benzene rings is 1. The molecule has 2 aromatic heterocycles. The van der Waals surface area contributed by atoms with Crippen LogP contribution >= 0.6 is 0 Å². The summed E-state index contributed by atoms with van der Waals surface area (Å²) < 4.78 is 2.03. The molecule has 0 spiro atoms. The fourth-order valence-corrected chi connectivity index (χ4v) is 1.80. The average Bonchev–Trinajstić information content (AvgIpc) is 2.86. The van der Waals surface area contributed by atoms with E-state index in [4.69, 9.17) is 5.73 Å². The van der Waals surface area contributed by atoms with Gasteiger partial charge in [-0.15, -0.1) is 0 Å². The molecule has 0 unspecified atom stereocenters. The maximum Gasteiger partial charge on any atom is 0.105 e. The lowest BCUT2D eigenvalue weighted by Gasteiger charge is -1.99. The van der Waals surface area contributed by atoms with Crippen molar-refractivity contribution in [3.8, 4) is 0 Å². The Kier molecular flexibility index (Phi) is 4.64. The van der Waals surface area contributed by atoms with E-state index in [2.05, 4.69) is 22.1 Å². The summed E-state index contributed by atoms with van der Waals surface area (Å²) in [5.41, 5.74) is 6.40. The Hall–Kier alpha value is -2.20. The van der Waals surface area contributed by atoms with E-state index in [0.717, 1.165) is 17.9 Å². The van der Waals surface area contributed by atoms with Crippen molar-refractivity contribution in [2.75, 3.05) is 6.54 Å². The third kappa shape index (κ3) is 3.63. The van der Waals surface area contributed by atoms with Crippen LogP contribution in [0.2, 0.25) is 0 Å². The second-order valence-electron chi connectivity index (χ2n) is 4.15. The molecule has 2 heterocycles. The molecule has 0 aliphatic rings. The molecule has 0 atom stereocenters. The lowest BCUT2D eigenvalue weighted by Crippen LogP contribution is -2.09. The number of pyridine rings is 1. The van der Waals surface area contributed by atoms with Crippen LogP contribution in [-0.2, 0) is 6.54 Å². The number of hydrogen-bond donors (Lipinski definition) is 1. The molecule has 2 N–H and O–H groups in total. The van der Waals surface area contributed by atoms with Gasteiger partial charge in [0.1, 0.15) is 5.82 Å². The zero-order valence-corrected chi connectivity index (χ0v) is 11.0. The summed E-state index contributed by atoms with van der Waals surface area (Å²) in [6, 6.07) is 12.1. The van der Waals surface area contributed by atoms with E-state index in [9.17, 15) is 0 Å². The van der Waals surface area contributed by atoms with E-state index in [1.54, 1.807) is 6.20 Å². The lowest BCUT2D eigenvalue weighted by molar-refractivity contribution is 0.684. The van der Waals surface area contributed by atoms with Gasteiger partial charge in [-0.1, -0.05) is 24.3 Å². The number of aryl methyl sites for hydroxylation is 1. The van der Waals surface area contributed by atoms with Gasteiger partial charge in [0.25, 0.3) is 0 Å². The molecule has 3 aromatic rings. The highest BCUT2D eigenvalue weighted by atomic mass is 15.1. The minimum atomic E-state index is 0.678. The fraction of sp³-hybridized carbons (Fsp3) is 0.200. The minimum absolute atomic E-state index is 0.678. The molecule has 4 heteroatoms. The molecule has 0 saturated carbocycles. The van der Waals surface area contributed by atoms with Gasteiger partial charge in [0, 0.05) is 37.1 Å². The largest absolute Gasteiger partial charge is 0.334 e. The van der Waals surface area contributed by atoms with E-state index in [1.807, 2.05) is 48.1 Å². The predicted octanol–water partition coefficient (Wildman–Crippen LogP) is 2.39. The second kappa shape index (κ2) is 6.66. The van der Waals surface area contributed by atoms with Crippen molar-refractivity contribution in [2.24, 2.45) is 5.73 Å². The van der Waals surface area contributed by atoms with Gasteiger partial charge in [-0.3, -0.25) is 4.98 Å². The normalized spacial score (nSPS) is 10.0. The standard InChI is InChI=1S/C9H7N.C6H11N3/c1-2-6-9-8(4-1)5-3-7-10-9;1-6-8-3-5-9(6)4-2-7/h1-7H;3,5H,2,4,7H2,1H3. The third-order valence-corrected chi connectivity index (χ3v) is 2.81. The van der Waals surface area contributed by atoms with Crippen molar-refractivity contribution in [3.05, 3.63) is 60.8 Å². The minimum Gasteiger partial charge on any atom is -0.334 e. The number of aromatic nitrogens is 3. The quantitative estimate of drug-likeness (QED) is 0.764. The van der Waals surface area contributed by atoms with E-state index in [1.165, 1.54) is 5.39 Å². The van der Waals surface area contributed by atoms with Crippen molar-refractivity contribution in [1.29, 1.82) is 0 Å². The van der Waals surface area contributed by atoms with E-state index >= 15 is 0 Å². The van der Waals surface area contributed by atoms with Gasteiger partial charge in [0.05, 0.1) is 5.52 Å². The fourth-order valence-electron chi connectivity index (χ4n) is 1.80. The van der Waals surface area contributed by atoms with Crippen LogP contribution in [0.4, 0.5) is 0 Å². The maximum absolute atomic E-state index is 5.34. The van der Waals surface area contributed by atoms with Gasteiger partial charge in [-0.05, 0) is 19.1 Å². The Balaban J connectivity index is 0.000000141. The average molecular weight is 254 g/mol. The third-order valence-electron chi connectivity index (χ3n) is 2.81. The summed E-state index contributed by atoms with van der Waals surface area (Å²) in [6.07, 6.45) is 5.52. The van der Waals surface area contributed by atoms with Crippen molar-refractivity contribution in [1.82, 2.24) is 14.5 Å². The zero-order valence-electron chi connectivity index (χ0n) is 11.0. The molecular weight excluding hydrogens is 236 g/mol. The smallest absolute Gasteiger partial charge is 0.105 e. The van der Waals surface area contributed by atoms with Crippen LogP contribution in [0.25, 0.3) is 10.9 Å². The van der Waals surface area contributed by atoms with Gasteiger partial charge >= 0.3 is 0 Å². The van der Waals surface area contributed by atoms with E-state index in [0.29, 0.717) is 6.54 Å². The van der Waals surface area contributed by atoms with Crippen LogP contribution in [-0.4, -0.2) is 21.1 Å². The van der Waals surface area contributed by atoms with Crippen molar-refractivity contribution < 1.29 is 0 Å². The highest BCUT2D eigenvalue weighted by Crippen LogP contribution is 2.07. The molecule has 0 fully saturated rings. The van der Waals surface area contributed by atoms with Crippen LogP contribution in [0.1, 0.15) is 5.82 Å². The Labute approximate surface area is 112 Å². The monoisotopic (exact) mass is 254 g/mol. The molecule has 98 valence electrons. The molecule has 0 saturated heterocycles. The maximum atomic E-state index is 5.34. The molecule has 19 heavy (non-hydrogen) atoms. The molecule has 0 bridgehead atoms. The molecule has 1 aromatic carbocycles. The summed E-state index contributed by atoms with van der Waals surface area (Å²) in [7, 11) is 0. The summed E-state index contributed by atoms with van der Waals surface area (Å²) >= 11 is 0. The number of hydrogen-bond acceptors (Lipinski definition) is 3. The highest BCUT2D eigenvalue weighted by molar-refractivity contribution is 5.77. The number of fused-ring (bicyclic) bond motifs is 1. The molecule has 0 aliphatic carbocycles. The van der Waals surface area contributed by atoms with Crippen molar-refractivity contribution >= 4 is 10.9 Å². The van der Waals surface area contributed by atoms with Crippen LogP contribution in [0, 0.1) is 6.92 Å². The van der Waals surface area contributed by atoms with Crippen LogP contribution in [0.5, 0.6) is 0 Å². The van der Waals surface area contributed by atoms with Gasteiger partial charge in [0.15, 0.2) is 0 Å². The number of rotatable bonds is 2. The highest BCUT2D eigenvalue weighted by Gasteiger charge is 1.91. The number of para-hydroxylation sites is 1. The van der Waals surface area contributed by atoms with Crippen LogP contribution < -0.4 is 5.73 Å². The van der Waals surface area contributed by atoms with E-state index < -0.39 is 0 Å². The van der Waals surface area contributed by atoms with Gasteiger partial charge in [-0.2, -0.15) is 0 Å². The SMILES string of the molecule is Cc1nccn1CCN.c1ccc2ncccc2c1. The van der Waals surface area contributed by atoms with E-state index in [-0.39, 0.29) is 0 Å². The topological polar surface area (TPSA) is 56.7 Å². The second-order valence-corrected chi connectivity index (χ2v) is 4.15. The Morgan fingerprint density at radius 1 is 1.05 bits per heavy atom. The first-order valence-electron chi connectivity index (χ1n) is 6.29. The first kappa shape index (κ1) is 13.2. The van der Waals surface area contributed by atoms with Crippen molar-refractivity contribution in [3.63, 3.8) is 0 Å². The Morgan fingerprint density at radius 3 is 2.53 bits per heavy atom. The molecule has 0 amide bonds. The Morgan fingerprint density at radius 2 is 1.84 bits per heavy atom. The summed E-state index contributed by atoms with van der Waals surface area (Å²) in [5.74, 6) is 1.03. The number of nitrogens with zero attached hydrogens (tertiary/aromatic N) is 3. The molecule has 0 radical (unpaired) electrons. The zero-order chi connectivity index (χ0) is 13.5. The number of imidazole rings is 1. The summed E-state index contributed by atoms with van der Waals surface area (Å²) in [5, 5.41) is 1.20. The molecule has 3 rings (SSSR count). The molecule has 0 aliphatic heterocycles. The van der Waals surface area contributed by atoms with Gasteiger partial charge in [0.2, 0.25) is 0 Å². The van der Waals surface area contributed by atoms with Crippen molar-refractivity contribution in [2.45, 2.75) is 13.5 Å². The van der Waals surface area contributed by atoms with Crippen LogP contribution in [0.15, 0.2) is 55.0 Å². The summed E-state index contributed by atoms with van der Waals surface area (Å²) in [4.78, 5) is 8.22. The van der Waals surface area contributed by atoms with Gasteiger partial charge < -0.3 is 10.3 Å². The summed E-state index contributed by atoms with van der Waals surface area (Å²) in [6.45, 7) is 3.51. The molecule has 4 nitrogen and oxygen atoms in total. The predicted molar refractivity (Wildman–Crippen MR) is 77.8 cm³/mol. The van der Waals surface area contributed by atoms with Crippen LogP contribution in [0.3, 0.4) is 0 Å². The van der Waals surface area contributed by atoms with Gasteiger partial charge in [-0.25, -0.2) is 4.98 Å². The first-order chi connectivity index (χ1) is 9.31.